The Hall–Kier alpha value is -0.820. The molecular weight excluding hydrogens is 254 g/mol. The first-order valence-corrected chi connectivity index (χ1v) is 8.70. The Kier molecular flexibility index (Phi) is 4.82. The van der Waals surface area contributed by atoms with Gasteiger partial charge in [0.15, 0.2) is 0 Å². The van der Waals surface area contributed by atoms with Crippen molar-refractivity contribution in [2.45, 2.75) is 84.1 Å². The molecule has 1 unspecified atom stereocenters. The molecule has 0 saturated heterocycles. The van der Waals surface area contributed by atoms with Gasteiger partial charge in [-0.1, -0.05) is 59.7 Å². The van der Waals surface area contributed by atoms with Crippen LogP contribution in [0.1, 0.15) is 90.0 Å². The molecule has 0 fully saturated rings. The summed E-state index contributed by atoms with van der Waals surface area (Å²) in [6.45, 7) is 15.2. The number of nitrogens with one attached hydrogen (secondary N) is 1. The fourth-order valence-electron chi connectivity index (χ4n) is 3.64. The van der Waals surface area contributed by atoms with Crippen molar-refractivity contribution in [1.82, 2.24) is 5.32 Å². The Bertz CT molecular complexity index is 485. The number of fused-ring (bicyclic) bond motifs is 1. The normalized spacial score (nSPS) is 20.9. The molecule has 0 heterocycles. The first kappa shape index (κ1) is 16.5. The van der Waals surface area contributed by atoms with Crippen molar-refractivity contribution in [3.05, 3.63) is 34.9 Å². The van der Waals surface area contributed by atoms with Crippen LogP contribution < -0.4 is 5.32 Å². The van der Waals surface area contributed by atoms with E-state index in [1.54, 1.807) is 11.1 Å². The van der Waals surface area contributed by atoms with E-state index in [4.69, 9.17) is 0 Å². The predicted molar refractivity (Wildman–Crippen MR) is 93.1 cm³/mol. The third kappa shape index (κ3) is 3.34. The van der Waals surface area contributed by atoms with E-state index >= 15 is 0 Å². The molecule has 0 aromatic heterocycles. The van der Waals surface area contributed by atoms with Gasteiger partial charge in [-0.25, -0.2) is 0 Å². The first-order chi connectivity index (χ1) is 9.81. The van der Waals surface area contributed by atoms with Crippen LogP contribution in [0.3, 0.4) is 0 Å². The van der Waals surface area contributed by atoms with Gasteiger partial charge in [0.05, 0.1) is 0 Å². The van der Waals surface area contributed by atoms with Crippen LogP contribution in [0.15, 0.2) is 18.2 Å². The monoisotopic (exact) mass is 287 g/mol. The molecule has 0 radical (unpaired) electrons. The van der Waals surface area contributed by atoms with Crippen LogP contribution in [-0.2, 0) is 10.8 Å². The van der Waals surface area contributed by atoms with E-state index in [2.05, 4.69) is 65.1 Å². The standard InChI is InChI=1S/C20H33N/c1-7-13-21-18(8-2)15-9-10-16-17(14-15)20(5,6)12-11-19(16,3)4/h9-10,14,18,21H,7-8,11-13H2,1-6H3. The molecule has 1 aromatic rings. The van der Waals surface area contributed by atoms with Crippen LogP contribution >= 0.6 is 0 Å². The second-order valence-electron chi connectivity index (χ2n) is 7.99. The summed E-state index contributed by atoms with van der Waals surface area (Å²) < 4.78 is 0. The van der Waals surface area contributed by atoms with E-state index in [1.807, 2.05) is 0 Å². The minimum absolute atomic E-state index is 0.309. The molecule has 1 aliphatic rings. The molecule has 1 aliphatic carbocycles. The van der Waals surface area contributed by atoms with Gasteiger partial charge in [-0.2, -0.15) is 0 Å². The summed E-state index contributed by atoms with van der Waals surface area (Å²) >= 11 is 0. The lowest BCUT2D eigenvalue weighted by Crippen LogP contribution is -2.34. The summed E-state index contributed by atoms with van der Waals surface area (Å²) in [6.07, 6.45) is 4.93. The molecule has 118 valence electrons. The molecule has 0 spiro atoms. The number of rotatable bonds is 5. The number of benzene rings is 1. The van der Waals surface area contributed by atoms with Gasteiger partial charge in [-0.3, -0.25) is 0 Å². The Morgan fingerprint density at radius 2 is 1.62 bits per heavy atom. The molecule has 0 aliphatic heterocycles. The maximum Gasteiger partial charge on any atom is 0.0317 e. The maximum atomic E-state index is 3.69. The molecule has 2 rings (SSSR count). The molecule has 1 N–H and O–H groups in total. The Labute approximate surface area is 131 Å². The van der Waals surface area contributed by atoms with Crippen molar-refractivity contribution in [2.24, 2.45) is 0 Å². The summed E-state index contributed by atoms with van der Waals surface area (Å²) in [4.78, 5) is 0. The fraction of sp³-hybridized carbons (Fsp3) is 0.700. The van der Waals surface area contributed by atoms with Crippen molar-refractivity contribution >= 4 is 0 Å². The zero-order valence-corrected chi connectivity index (χ0v) is 14.8. The molecule has 1 heteroatoms. The van der Waals surface area contributed by atoms with Gasteiger partial charge in [-0.15, -0.1) is 0 Å². The van der Waals surface area contributed by atoms with Crippen LogP contribution in [0.25, 0.3) is 0 Å². The van der Waals surface area contributed by atoms with E-state index in [0.29, 0.717) is 16.9 Å². The number of hydrogen-bond acceptors (Lipinski definition) is 1. The summed E-state index contributed by atoms with van der Waals surface area (Å²) in [5.41, 5.74) is 5.24. The largest absolute Gasteiger partial charge is 0.310 e. The molecule has 1 aromatic carbocycles. The molecule has 0 saturated carbocycles. The second-order valence-corrected chi connectivity index (χ2v) is 7.99. The van der Waals surface area contributed by atoms with Crippen molar-refractivity contribution < 1.29 is 0 Å². The fourth-order valence-corrected chi connectivity index (χ4v) is 3.64. The van der Waals surface area contributed by atoms with Crippen LogP contribution in [0.4, 0.5) is 0 Å². The van der Waals surface area contributed by atoms with E-state index in [0.717, 1.165) is 13.0 Å². The summed E-state index contributed by atoms with van der Waals surface area (Å²) in [5.74, 6) is 0. The van der Waals surface area contributed by atoms with Crippen LogP contribution in [-0.4, -0.2) is 6.54 Å². The third-order valence-corrected chi connectivity index (χ3v) is 5.33. The molecule has 0 amide bonds. The van der Waals surface area contributed by atoms with E-state index in [9.17, 15) is 0 Å². The lowest BCUT2D eigenvalue weighted by molar-refractivity contribution is 0.331. The summed E-state index contributed by atoms with van der Waals surface area (Å²) in [6, 6.07) is 7.75. The predicted octanol–water partition coefficient (Wildman–Crippen LogP) is 5.49. The zero-order chi connectivity index (χ0) is 15.7. The highest BCUT2D eigenvalue weighted by Gasteiger charge is 2.37. The highest BCUT2D eigenvalue weighted by Crippen LogP contribution is 2.46. The molecule has 0 bridgehead atoms. The minimum atomic E-state index is 0.309. The average Bonchev–Trinajstić information content (AvgIpc) is 2.45. The summed E-state index contributed by atoms with van der Waals surface area (Å²) in [5, 5.41) is 3.69. The molecule has 21 heavy (non-hydrogen) atoms. The van der Waals surface area contributed by atoms with Gasteiger partial charge in [0.25, 0.3) is 0 Å². The highest BCUT2D eigenvalue weighted by atomic mass is 14.9. The molecular formula is C20H33N. The smallest absolute Gasteiger partial charge is 0.0317 e. The molecule has 1 nitrogen and oxygen atoms in total. The third-order valence-electron chi connectivity index (χ3n) is 5.33. The molecule has 1 atom stereocenters. The van der Waals surface area contributed by atoms with Gasteiger partial charge in [-0.05, 0) is 59.7 Å². The van der Waals surface area contributed by atoms with Crippen LogP contribution in [0.2, 0.25) is 0 Å². The SMILES string of the molecule is CCCNC(CC)c1ccc2c(c1)C(C)(C)CCC2(C)C. The first-order valence-electron chi connectivity index (χ1n) is 8.70. The van der Waals surface area contributed by atoms with Crippen molar-refractivity contribution in [1.29, 1.82) is 0 Å². The van der Waals surface area contributed by atoms with Gasteiger partial charge in [0.1, 0.15) is 0 Å². The Balaban J connectivity index is 2.40. The van der Waals surface area contributed by atoms with Crippen molar-refractivity contribution in [2.75, 3.05) is 6.54 Å². The maximum absolute atomic E-state index is 3.69. The Morgan fingerprint density at radius 3 is 2.19 bits per heavy atom. The lowest BCUT2D eigenvalue weighted by Gasteiger charge is -2.42. The Morgan fingerprint density at radius 1 is 1.00 bits per heavy atom. The van der Waals surface area contributed by atoms with Crippen molar-refractivity contribution in [3.8, 4) is 0 Å². The topological polar surface area (TPSA) is 12.0 Å². The summed E-state index contributed by atoms with van der Waals surface area (Å²) in [7, 11) is 0. The minimum Gasteiger partial charge on any atom is -0.310 e. The van der Waals surface area contributed by atoms with Crippen LogP contribution in [0, 0.1) is 0 Å². The average molecular weight is 287 g/mol. The van der Waals surface area contributed by atoms with E-state index in [1.165, 1.54) is 24.8 Å². The van der Waals surface area contributed by atoms with Crippen molar-refractivity contribution in [3.63, 3.8) is 0 Å². The van der Waals surface area contributed by atoms with Gasteiger partial charge in [0, 0.05) is 6.04 Å². The second kappa shape index (κ2) is 6.12. The van der Waals surface area contributed by atoms with Crippen LogP contribution in [0.5, 0.6) is 0 Å². The quantitative estimate of drug-likeness (QED) is 0.755. The van der Waals surface area contributed by atoms with E-state index < -0.39 is 0 Å². The van der Waals surface area contributed by atoms with Gasteiger partial charge < -0.3 is 5.32 Å². The highest BCUT2D eigenvalue weighted by molar-refractivity contribution is 5.44. The van der Waals surface area contributed by atoms with E-state index in [-0.39, 0.29) is 0 Å². The number of hydrogen-bond donors (Lipinski definition) is 1. The van der Waals surface area contributed by atoms with Gasteiger partial charge in [0.2, 0.25) is 0 Å². The van der Waals surface area contributed by atoms with Gasteiger partial charge >= 0.3 is 0 Å². The lowest BCUT2D eigenvalue weighted by atomic mass is 9.63. The zero-order valence-electron chi connectivity index (χ0n) is 14.8.